The number of carbonyl (C=O) groups is 1. The van der Waals surface area contributed by atoms with Gasteiger partial charge >= 0.3 is 5.97 Å². The van der Waals surface area contributed by atoms with Gasteiger partial charge in [-0.25, -0.2) is 4.79 Å². The average Bonchev–Trinajstić information content (AvgIpc) is 3.18. The van der Waals surface area contributed by atoms with Crippen LogP contribution in [0.25, 0.3) is 0 Å². The van der Waals surface area contributed by atoms with E-state index in [0.717, 1.165) is 22.6 Å². The molecule has 1 saturated heterocycles. The quantitative estimate of drug-likeness (QED) is 0.364. The van der Waals surface area contributed by atoms with Gasteiger partial charge in [0.25, 0.3) is 0 Å². The maximum atomic E-state index is 12.3. The smallest absolute Gasteiger partial charge is 0.338 e. The third-order valence-electron chi connectivity index (χ3n) is 6.40. The molecule has 0 amide bonds. The standard InChI is InChI=1S/C30H38N2O6/c1-19(2)32-21(5)27(15-22-11-13-25(14-12-22)36-20(3)4)29(31-32)38-28-17-24(33)16-26(37-28)18-35-30(34)23-9-7-6-8-10-23/h6-14,19-20,24,26,28,33H,15-18H2,1-5H3. The van der Waals surface area contributed by atoms with E-state index in [1.54, 1.807) is 24.3 Å². The molecule has 0 radical (unpaired) electrons. The normalized spacial score (nSPS) is 19.5. The highest BCUT2D eigenvalue weighted by Crippen LogP contribution is 2.31. The summed E-state index contributed by atoms with van der Waals surface area (Å²) < 4.78 is 25.5. The van der Waals surface area contributed by atoms with E-state index in [1.165, 1.54) is 0 Å². The predicted octanol–water partition coefficient (Wildman–Crippen LogP) is 5.25. The minimum atomic E-state index is -0.713. The second-order valence-corrected chi connectivity index (χ2v) is 10.3. The number of rotatable bonds is 10. The molecule has 1 aliphatic heterocycles. The van der Waals surface area contributed by atoms with Gasteiger partial charge in [-0.3, -0.25) is 4.68 Å². The lowest BCUT2D eigenvalue weighted by Gasteiger charge is -2.32. The van der Waals surface area contributed by atoms with Crippen LogP contribution >= 0.6 is 0 Å². The molecular formula is C30H38N2O6. The summed E-state index contributed by atoms with van der Waals surface area (Å²) in [5, 5.41) is 15.3. The van der Waals surface area contributed by atoms with Gasteiger partial charge in [0.05, 0.1) is 23.9 Å². The third kappa shape index (κ3) is 7.14. The summed E-state index contributed by atoms with van der Waals surface area (Å²) in [5.41, 5.74) is 3.56. The average molecular weight is 523 g/mol. The first-order valence-corrected chi connectivity index (χ1v) is 13.3. The largest absolute Gasteiger partial charge is 0.491 e. The molecule has 8 heteroatoms. The van der Waals surface area contributed by atoms with Gasteiger partial charge in [-0.15, -0.1) is 5.10 Å². The molecule has 0 aliphatic carbocycles. The number of hydrogen-bond donors (Lipinski definition) is 1. The lowest BCUT2D eigenvalue weighted by atomic mass is 10.0. The molecule has 4 rings (SSSR count). The van der Waals surface area contributed by atoms with Gasteiger partial charge < -0.3 is 24.1 Å². The Hall–Kier alpha value is -3.36. The Balaban J connectivity index is 1.45. The summed E-state index contributed by atoms with van der Waals surface area (Å²) in [7, 11) is 0. The van der Waals surface area contributed by atoms with Crippen LogP contribution in [0.3, 0.4) is 0 Å². The van der Waals surface area contributed by atoms with E-state index in [9.17, 15) is 9.90 Å². The van der Waals surface area contributed by atoms with Crippen LogP contribution in [0, 0.1) is 6.92 Å². The molecule has 0 saturated carbocycles. The molecule has 8 nitrogen and oxygen atoms in total. The van der Waals surface area contributed by atoms with E-state index in [1.807, 2.05) is 55.8 Å². The molecule has 1 aliphatic rings. The van der Waals surface area contributed by atoms with Gasteiger partial charge in [0.1, 0.15) is 12.4 Å². The summed E-state index contributed by atoms with van der Waals surface area (Å²) in [6, 6.07) is 17.0. The Labute approximate surface area is 224 Å². The fourth-order valence-electron chi connectivity index (χ4n) is 4.57. The van der Waals surface area contributed by atoms with E-state index < -0.39 is 24.5 Å². The number of ether oxygens (including phenoxy) is 4. The van der Waals surface area contributed by atoms with Crippen molar-refractivity contribution in [1.82, 2.24) is 9.78 Å². The van der Waals surface area contributed by atoms with Crippen molar-refractivity contribution in [3.8, 4) is 11.6 Å². The fraction of sp³-hybridized carbons (Fsp3) is 0.467. The first-order valence-electron chi connectivity index (χ1n) is 13.3. The van der Waals surface area contributed by atoms with Crippen LogP contribution in [0.1, 0.15) is 73.8 Å². The highest BCUT2D eigenvalue weighted by Gasteiger charge is 2.32. The molecule has 204 valence electrons. The van der Waals surface area contributed by atoms with Crippen LogP contribution in [-0.2, 0) is 15.9 Å². The number of benzene rings is 2. The van der Waals surface area contributed by atoms with Gasteiger partial charge in [-0.05, 0) is 64.4 Å². The molecule has 38 heavy (non-hydrogen) atoms. The molecule has 1 fully saturated rings. The van der Waals surface area contributed by atoms with Gasteiger partial charge in [0.2, 0.25) is 12.2 Å². The highest BCUT2D eigenvalue weighted by atomic mass is 16.7. The lowest BCUT2D eigenvalue weighted by Crippen LogP contribution is -2.41. The number of esters is 1. The van der Waals surface area contributed by atoms with Crippen LogP contribution in [0.5, 0.6) is 11.6 Å². The molecule has 2 aromatic carbocycles. The van der Waals surface area contributed by atoms with Crippen LogP contribution in [0.2, 0.25) is 0 Å². The van der Waals surface area contributed by atoms with Crippen LogP contribution in [0.15, 0.2) is 54.6 Å². The second kappa shape index (κ2) is 12.5. The molecule has 3 unspecified atom stereocenters. The third-order valence-corrected chi connectivity index (χ3v) is 6.40. The first kappa shape index (κ1) is 27.7. The van der Waals surface area contributed by atoms with E-state index in [0.29, 0.717) is 30.7 Å². The molecule has 3 atom stereocenters. The van der Waals surface area contributed by atoms with Crippen molar-refractivity contribution in [2.24, 2.45) is 0 Å². The maximum absolute atomic E-state index is 12.3. The van der Waals surface area contributed by atoms with Gasteiger partial charge in [-0.1, -0.05) is 30.3 Å². The number of hydrogen-bond acceptors (Lipinski definition) is 7. The SMILES string of the molecule is Cc1c(Cc2ccc(OC(C)C)cc2)c(OC2CC(O)CC(COC(=O)c3ccccc3)O2)nn1C(C)C. The number of carbonyl (C=O) groups excluding carboxylic acids is 1. The van der Waals surface area contributed by atoms with E-state index in [2.05, 4.69) is 13.8 Å². The summed E-state index contributed by atoms with van der Waals surface area (Å²) >= 11 is 0. The summed E-state index contributed by atoms with van der Waals surface area (Å²) in [6.45, 7) is 10.2. The number of aromatic nitrogens is 2. The topological polar surface area (TPSA) is 92.0 Å². The Morgan fingerprint density at radius 2 is 1.79 bits per heavy atom. The number of nitrogens with zero attached hydrogens (tertiary/aromatic N) is 2. The summed E-state index contributed by atoms with van der Waals surface area (Å²) in [4.78, 5) is 12.3. The zero-order valence-corrected chi connectivity index (χ0v) is 22.8. The minimum absolute atomic E-state index is 0.0295. The molecule has 2 heterocycles. The van der Waals surface area contributed by atoms with Gasteiger partial charge in [0, 0.05) is 36.6 Å². The first-order chi connectivity index (χ1) is 18.2. The Kier molecular flexibility index (Phi) is 9.07. The Morgan fingerprint density at radius 3 is 2.45 bits per heavy atom. The van der Waals surface area contributed by atoms with Crippen molar-refractivity contribution < 1.29 is 28.8 Å². The minimum Gasteiger partial charge on any atom is -0.491 e. The molecule has 1 N–H and O–H groups in total. The lowest BCUT2D eigenvalue weighted by molar-refractivity contribution is -0.186. The van der Waals surface area contributed by atoms with Crippen LogP contribution in [-0.4, -0.2) is 52.1 Å². The molecule has 1 aromatic heterocycles. The predicted molar refractivity (Wildman–Crippen MR) is 144 cm³/mol. The van der Waals surface area contributed by atoms with Crippen molar-refractivity contribution in [2.45, 2.75) is 84.5 Å². The second-order valence-electron chi connectivity index (χ2n) is 10.3. The van der Waals surface area contributed by atoms with Crippen molar-refractivity contribution in [2.75, 3.05) is 6.61 Å². The molecular weight excluding hydrogens is 484 g/mol. The van der Waals surface area contributed by atoms with Crippen molar-refractivity contribution in [1.29, 1.82) is 0 Å². The maximum Gasteiger partial charge on any atom is 0.338 e. The van der Waals surface area contributed by atoms with E-state index in [4.69, 9.17) is 24.0 Å². The zero-order valence-electron chi connectivity index (χ0n) is 22.8. The van der Waals surface area contributed by atoms with Crippen molar-refractivity contribution in [3.05, 3.63) is 77.0 Å². The number of aliphatic hydroxyl groups excluding tert-OH is 1. The molecule has 0 spiro atoms. The van der Waals surface area contributed by atoms with Crippen molar-refractivity contribution >= 4 is 5.97 Å². The van der Waals surface area contributed by atoms with Gasteiger partial charge in [-0.2, -0.15) is 0 Å². The van der Waals surface area contributed by atoms with Crippen LogP contribution in [0.4, 0.5) is 0 Å². The van der Waals surface area contributed by atoms with Crippen molar-refractivity contribution in [3.63, 3.8) is 0 Å². The summed E-state index contributed by atoms with van der Waals surface area (Å²) in [6.07, 6.45) is -0.431. The Morgan fingerprint density at radius 1 is 1.08 bits per heavy atom. The number of aliphatic hydroxyl groups is 1. The highest BCUT2D eigenvalue weighted by molar-refractivity contribution is 5.89. The van der Waals surface area contributed by atoms with E-state index >= 15 is 0 Å². The molecule has 3 aromatic rings. The Bertz CT molecular complexity index is 1190. The van der Waals surface area contributed by atoms with Crippen LogP contribution < -0.4 is 9.47 Å². The molecule has 0 bridgehead atoms. The summed E-state index contributed by atoms with van der Waals surface area (Å²) in [5.74, 6) is 0.890. The zero-order chi connectivity index (χ0) is 27.2. The fourth-order valence-corrected chi connectivity index (χ4v) is 4.57. The van der Waals surface area contributed by atoms with Gasteiger partial charge in [0.15, 0.2) is 0 Å². The van der Waals surface area contributed by atoms with E-state index in [-0.39, 0.29) is 18.8 Å². The monoisotopic (exact) mass is 522 g/mol.